The summed E-state index contributed by atoms with van der Waals surface area (Å²) in [7, 11) is 0. The second kappa shape index (κ2) is 5.37. The zero-order chi connectivity index (χ0) is 14.8. The topological polar surface area (TPSA) is 46.5 Å². The Balaban J connectivity index is 2.41. The summed E-state index contributed by atoms with van der Waals surface area (Å²) >= 11 is 0. The summed E-state index contributed by atoms with van der Waals surface area (Å²) in [6.45, 7) is 6.14. The largest absolute Gasteiger partial charge is 0.478 e. The summed E-state index contributed by atoms with van der Waals surface area (Å²) < 4.78 is 5.66. The first kappa shape index (κ1) is 14.1. The van der Waals surface area contributed by atoms with Crippen molar-refractivity contribution in [1.29, 1.82) is 0 Å². The fraction of sp³-hybridized carbons (Fsp3) is 0.235. The monoisotopic (exact) mass is 270 g/mol. The van der Waals surface area contributed by atoms with Gasteiger partial charge in [0.2, 0.25) is 0 Å². The van der Waals surface area contributed by atoms with Gasteiger partial charge in [-0.3, -0.25) is 0 Å². The second-order valence-electron chi connectivity index (χ2n) is 5.68. The van der Waals surface area contributed by atoms with Crippen LogP contribution in [0.5, 0.6) is 11.5 Å². The van der Waals surface area contributed by atoms with Crippen molar-refractivity contribution in [3.63, 3.8) is 0 Å². The van der Waals surface area contributed by atoms with Crippen LogP contribution in [0.3, 0.4) is 0 Å². The molecular weight excluding hydrogens is 252 g/mol. The van der Waals surface area contributed by atoms with Crippen molar-refractivity contribution in [3.05, 3.63) is 59.7 Å². The van der Waals surface area contributed by atoms with E-state index in [-0.39, 0.29) is 11.0 Å². The molecule has 2 aromatic carbocycles. The number of hydrogen-bond donors (Lipinski definition) is 1. The van der Waals surface area contributed by atoms with Gasteiger partial charge in [-0.1, -0.05) is 45.0 Å². The van der Waals surface area contributed by atoms with Crippen LogP contribution in [-0.2, 0) is 5.41 Å². The molecular formula is C17H18O3. The van der Waals surface area contributed by atoms with Crippen molar-refractivity contribution in [3.8, 4) is 11.5 Å². The number of carbonyl (C=O) groups is 1. The molecule has 2 aromatic rings. The molecule has 0 unspecified atom stereocenters. The molecule has 1 N–H and O–H groups in total. The number of carboxylic acids is 1. The smallest absolute Gasteiger partial charge is 0.339 e. The van der Waals surface area contributed by atoms with Crippen LogP contribution < -0.4 is 4.74 Å². The number of benzene rings is 2. The van der Waals surface area contributed by atoms with E-state index in [0.717, 1.165) is 5.56 Å². The first-order chi connectivity index (χ1) is 9.38. The molecule has 3 nitrogen and oxygen atoms in total. The van der Waals surface area contributed by atoms with Gasteiger partial charge in [-0.15, -0.1) is 0 Å². The normalized spacial score (nSPS) is 11.2. The van der Waals surface area contributed by atoms with Gasteiger partial charge >= 0.3 is 5.97 Å². The van der Waals surface area contributed by atoms with Crippen LogP contribution in [0.25, 0.3) is 0 Å². The van der Waals surface area contributed by atoms with E-state index in [0.29, 0.717) is 11.5 Å². The molecule has 0 aromatic heterocycles. The predicted molar refractivity (Wildman–Crippen MR) is 78.6 cm³/mol. The molecule has 0 radical (unpaired) electrons. The molecule has 3 heteroatoms. The van der Waals surface area contributed by atoms with Crippen LogP contribution in [-0.4, -0.2) is 11.1 Å². The van der Waals surface area contributed by atoms with Gasteiger partial charge in [-0.2, -0.15) is 0 Å². The van der Waals surface area contributed by atoms with Gasteiger partial charge in [0.05, 0.1) is 0 Å². The molecule has 20 heavy (non-hydrogen) atoms. The maximum absolute atomic E-state index is 11.4. The molecule has 0 atom stereocenters. The Labute approximate surface area is 118 Å². The summed E-state index contributed by atoms with van der Waals surface area (Å²) in [5.41, 5.74) is 1.05. The van der Waals surface area contributed by atoms with Crippen molar-refractivity contribution in [2.45, 2.75) is 26.2 Å². The minimum Gasteiger partial charge on any atom is -0.478 e. The second-order valence-corrected chi connectivity index (χ2v) is 5.68. The lowest BCUT2D eigenvalue weighted by Gasteiger charge is -2.20. The minimum absolute atomic E-state index is 0.102. The molecule has 0 bridgehead atoms. The molecule has 104 valence electrons. The molecule has 0 saturated carbocycles. The maximum atomic E-state index is 11.4. The van der Waals surface area contributed by atoms with Gasteiger partial charge in [0, 0.05) is 0 Å². The third kappa shape index (κ3) is 3.18. The molecule has 2 rings (SSSR count). The lowest BCUT2D eigenvalue weighted by atomic mass is 9.86. The summed E-state index contributed by atoms with van der Waals surface area (Å²) in [4.78, 5) is 11.4. The Bertz CT molecular complexity index is 610. The Kier molecular flexibility index (Phi) is 3.79. The van der Waals surface area contributed by atoms with Crippen molar-refractivity contribution < 1.29 is 14.6 Å². The predicted octanol–water partition coefficient (Wildman–Crippen LogP) is 4.47. The number of para-hydroxylation sites is 1. The van der Waals surface area contributed by atoms with Crippen LogP contribution in [0.1, 0.15) is 36.7 Å². The van der Waals surface area contributed by atoms with Crippen molar-refractivity contribution >= 4 is 5.97 Å². The molecule has 0 amide bonds. The molecule has 0 aliphatic heterocycles. The van der Waals surface area contributed by atoms with Crippen molar-refractivity contribution in [2.75, 3.05) is 0 Å². The van der Waals surface area contributed by atoms with Gasteiger partial charge in [-0.25, -0.2) is 4.79 Å². The highest BCUT2D eigenvalue weighted by atomic mass is 16.5. The summed E-state index contributed by atoms with van der Waals surface area (Å²) in [5.74, 6) is -0.00256. The summed E-state index contributed by atoms with van der Waals surface area (Å²) in [6, 6.07) is 14.5. The lowest BCUT2D eigenvalue weighted by molar-refractivity contribution is 0.0694. The van der Waals surface area contributed by atoms with E-state index < -0.39 is 5.97 Å². The lowest BCUT2D eigenvalue weighted by Crippen LogP contribution is -2.12. The zero-order valence-electron chi connectivity index (χ0n) is 11.9. The Morgan fingerprint density at radius 3 is 2.25 bits per heavy atom. The van der Waals surface area contributed by atoms with E-state index in [1.165, 1.54) is 0 Å². The van der Waals surface area contributed by atoms with Crippen LogP contribution in [0.4, 0.5) is 0 Å². The highest BCUT2D eigenvalue weighted by Crippen LogP contribution is 2.30. The van der Waals surface area contributed by atoms with E-state index in [1.807, 2.05) is 45.0 Å². The van der Waals surface area contributed by atoms with Crippen LogP contribution in [0.15, 0.2) is 48.5 Å². The van der Waals surface area contributed by atoms with Crippen LogP contribution in [0.2, 0.25) is 0 Å². The third-order valence-electron chi connectivity index (χ3n) is 3.05. The standard InChI is InChI=1S/C17H18O3/c1-17(2,3)12-9-10-15(14(11-12)16(18)19)20-13-7-5-4-6-8-13/h4-11H,1-3H3,(H,18,19). The average molecular weight is 270 g/mol. The van der Waals surface area contributed by atoms with Gasteiger partial charge in [0.15, 0.2) is 0 Å². The first-order valence-corrected chi connectivity index (χ1v) is 6.48. The first-order valence-electron chi connectivity index (χ1n) is 6.48. The van der Waals surface area contributed by atoms with Gasteiger partial charge in [0.1, 0.15) is 17.1 Å². The fourth-order valence-corrected chi connectivity index (χ4v) is 1.87. The van der Waals surface area contributed by atoms with E-state index >= 15 is 0 Å². The zero-order valence-corrected chi connectivity index (χ0v) is 11.9. The minimum atomic E-state index is -0.984. The summed E-state index contributed by atoms with van der Waals surface area (Å²) in [6.07, 6.45) is 0. The van der Waals surface area contributed by atoms with Gasteiger partial charge < -0.3 is 9.84 Å². The van der Waals surface area contributed by atoms with Crippen molar-refractivity contribution in [1.82, 2.24) is 0 Å². The SMILES string of the molecule is CC(C)(C)c1ccc(Oc2ccccc2)c(C(=O)O)c1. The van der Waals surface area contributed by atoms with Gasteiger partial charge in [-0.05, 0) is 35.2 Å². The number of carboxylic acid groups (broad SMARTS) is 1. The van der Waals surface area contributed by atoms with Gasteiger partial charge in [0.25, 0.3) is 0 Å². The Hall–Kier alpha value is -2.29. The molecule has 0 aliphatic rings. The average Bonchev–Trinajstić information content (AvgIpc) is 2.38. The molecule has 0 heterocycles. The third-order valence-corrected chi connectivity index (χ3v) is 3.05. The molecule has 0 saturated heterocycles. The van der Waals surface area contributed by atoms with Crippen molar-refractivity contribution in [2.24, 2.45) is 0 Å². The maximum Gasteiger partial charge on any atom is 0.339 e. The van der Waals surface area contributed by atoms with E-state index in [9.17, 15) is 9.90 Å². The fourth-order valence-electron chi connectivity index (χ4n) is 1.87. The Morgan fingerprint density at radius 2 is 1.70 bits per heavy atom. The number of rotatable bonds is 3. The highest BCUT2D eigenvalue weighted by molar-refractivity contribution is 5.91. The quantitative estimate of drug-likeness (QED) is 0.894. The van der Waals surface area contributed by atoms with Crippen LogP contribution >= 0.6 is 0 Å². The number of hydrogen-bond acceptors (Lipinski definition) is 2. The summed E-state index contributed by atoms with van der Waals surface area (Å²) in [5, 5.41) is 9.35. The van der Waals surface area contributed by atoms with Crippen LogP contribution in [0, 0.1) is 0 Å². The number of ether oxygens (including phenoxy) is 1. The number of aromatic carboxylic acids is 1. The van der Waals surface area contributed by atoms with E-state index in [4.69, 9.17) is 4.74 Å². The Morgan fingerprint density at radius 1 is 1.05 bits per heavy atom. The molecule has 0 aliphatic carbocycles. The highest BCUT2D eigenvalue weighted by Gasteiger charge is 2.19. The molecule has 0 spiro atoms. The molecule has 0 fully saturated rings. The van der Waals surface area contributed by atoms with E-state index in [1.54, 1.807) is 24.3 Å². The van der Waals surface area contributed by atoms with E-state index in [2.05, 4.69) is 0 Å².